The van der Waals surface area contributed by atoms with Gasteiger partial charge in [-0.2, -0.15) is 0 Å². The number of halogens is 1. The maximum Gasteiger partial charge on any atom is 0.503 e. The number of carboxylic acid groups (broad SMARTS) is 2. The quantitative estimate of drug-likeness (QED) is 0.506. The van der Waals surface area contributed by atoms with E-state index >= 15 is 0 Å². The van der Waals surface area contributed by atoms with E-state index < -0.39 is 6.16 Å². The third kappa shape index (κ3) is 53.3. The Kier molecular flexibility index (Phi) is 51.3. The van der Waals surface area contributed by atoms with Crippen molar-refractivity contribution < 1.29 is 97.1 Å². The minimum atomic E-state index is -1.83. The zero-order valence-corrected chi connectivity index (χ0v) is 11.2. The fourth-order valence-corrected chi connectivity index (χ4v) is 0. The van der Waals surface area contributed by atoms with Crippen LogP contribution >= 0.6 is 24.0 Å². The minimum absolute atomic E-state index is 0. The van der Waals surface area contributed by atoms with Crippen LogP contribution in [0.4, 0.5) is 4.79 Å². The molecule has 3 nitrogen and oxygen atoms in total. The van der Waals surface area contributed by atoms with E-state index in [1.807, 2.05) is 0 Å². The second-order valence-corrected chi connectivity index (χ2v) is 0.283. The standard InChI is InChI=1S/CH2O3.Ce.HI.Sm/c2-1(3)4;;;/h(H2,2,3,4);;1H;. The molecule has 42 valence electrons. The van der Waals surface area contributed by atoms with Gasteiger partial charge in [0.1, 0.15) is 0 Å². The zero-order valence-electron chi connectivity index (χ0n) is 3.12. The van der Waals surface area contributed by atoms with Crippen molar-refractivity contribution in [3.8, 4) is 0 Å². The van der Waals surface area contributed by atoms with Gasteiger partial charge in [0.2, 0.25) is 0 Å². The van der Waals surface area contributed by atoms with Gasteiger partial charge in [0.05, 0.1) is 0 Å². The molecule has 0 aliphatic rings. The zero-order chi connectivity index (χ0) is 3.58. The van der Waals surface area contributed by atoms with Crippen molar-refractivity contribution in [3.05, 3.63) is 0 Å². The molecule has 0 aromatic rings. The van der Waals surface area contributed by atoms with Crippen molar-refractivity contribution in [3.63, 3.8) is 0 Å². The van der Waals surface area contributed by atoms with Crippen LogP contribution in [0.1, 0.15) is 0 Å². The largest absolute Gasteiger partial charge is 0.503 e. The van der Waals surface area contributed by atoms with E-state index in [-0.39, 0.29) is 106 Å². The molecule has 7 heavy (non-hydrogen) atoms. The summed E-state index contributed by atoms with van der Waals surface area (Å²) in [7, 11) is 0. The van der Waals surface area contributed by atoms with Crippen LogP contribution in [0.5, 0.6) is 0 Å². The summed E-state index contributed by atoms with van der Waals surface area (Å²) in [6.07, 6.45) is -1.83. The van der Waals surface area contributed by atoms with Crippen molar-refractivity contribution in [1.82, 2.24) is 0 Å². The summed E-state index contributed by atoms with van der Waals surface area (Å²) in [4.78, 5) is 8.56. The Morgan fingerprint density at radius 1 is 1.29 bits per heavy atom. The van der Waals surface area contributed by atoms with Gasteiger partial charge in [-0.1, -0.05) is 0 Å². The molecule has 0 unspecified atom stereocenters. The van der Waals surface area contributed by atoms with Crippen LogP contribution in [0.2, 0.25) is 0 Å². The van der Waals surface area contributed by atoms with Gasteiger partial charge in [0, 0.05) is 82.1 Å². The Hall–Kier alpha value is 2.71. The second-order valence-electron chi connectivity index (χ2n) is 0.283. The molecule has 0 amide bonds. The molecule has 2 N–H and O–H groups in total. The molecule has 0 saturated carbocycles. The van der Waals surface area contributed by atoms with Gasteiger partial charge < -0.3 is 10.2 Å². The van der Waals surface area contributed by atoms with E-state index in [1.54, 1.807) is 0 Å². The molecule has 0 heterocycles. The monoisotopic (exact) mass is 482 g/mol. The van der Waals surface area contributed by atoms with Crippen molar-refractivity contribution >= 4 is 30.1 Å². The first-order chi connectivity index (χ1) is 1.73. The van der Waals surface area contributed by atoms with Crippen molar-refractivity contribution in [1.29, 1.82) is 0 Å². The predicted molar refractivity (Wildman–Crippen MR) is 26.1 cm³/mol. The van der Waals surface area contributed by atoms with Gasteiger partial charge >= 0.3 is 6.16 Å². The Morgan fingerprint density at radius 2 is 1.29 bits per heavy atom. The van der Waals surface area contributed by atoms with Crippen LogP contribution in [-0.4, -0.2) is 16.4 Å². The molecule has 0 aliphatic heterocycles. The molecule has 0 spiro atoms. The normalized spacial score (nSPS) is 3.43. The van der Waals surface area contributed by atoms with Gasteiger partial charge in [-0.3, -0.25) is 0 Å². The number of rotatable bonds is 0. The molecule has 0 aromatic carbocycles. The predicted octanol–water partition coefficient (Wildman–Crippen LogP) is 0.840. The third-order valence-corrected chi connectivity index (χ3v) is 0. The molecule has 6 heteroatoms. The summed E-state index contributed by atoms with van der Waals surface area (Å²) in [5.74, 6) is 0. The molecule has 0 saturated heterocycles. The smallest absolute Gasteiger partial charge is 0.450 e. The van der Waals surface area contributed by atoms with Gasteiger partial charge in [-0.05, 0) is 0 Å². The minimum Gasteiger partial charge on any atom is -0.450 e. The third-order valence-electron chi connectivity index (χ3n) is 0. The molecule has 0 bridgehead atoms. The summed E-state index contributed by atoms with van der Waals surface area (Å²) in [5.41, 5.74) is 0. The van der Waals surface area contributed by atoms with Gasteiger partial charge in [0.25, 0.3) is 0 Å². The maximum atomic E-state index is 8.56. The van der Waals surface area contributed by atoms with Gasteiger partial charge in [-0.15, -0.1) is 24.0 Å². The first-order valence-electron chi connectivity index (χ1n) is 0.651. The van der Waals surface area contributed by atoms with Crippen molar-refractivity contribution in [2.45, 2.75) is 0 Å². The Bertz CT molecular complexity index is 37.9. The molecular formula is CH3CeIO3Sm. The Labute approximate surface area is 124 Å². The topological polar surface area (TPSA) is 57.5 Å². The van der Waals surface area contributed by atoms with Crippen LogP contribution in [0.15, 0.2) is 0 Å². The van der Waals surface area contributed by atoms with Crippen molar-refractivity contribution in [2.24, 2.45) is 0 Å². The summed E-state index contributed by atoms with van der Waals surface area (Å²) >= 11 is 0. The van der Waals surface area contributed by atoms with Crippen LogP contribution in [0.3, 0.4) is 0 Å². The SMILES string of the molecule is I.O=C(O)O.[Ce].[Sm]. The second kappa shape index (κ2) is 15.9. The van der Waals surface area contributed by atoms with Gasteiger partial charge in [-0.25, -0.2) is 4.79 Å². The average Bonchev–Trinajstić information content (AvgIpc) is 0.811. The van der Waals surface area contributed by atoms with E-state index in [0.717, 1.165) is 0 Å². The van der Waals surface area contributed by atoms with E-state index in [1.165, 1.54) is 0 Å². The number of hydrogen-bond donors (Lipinski definition) is 2. The summed E-state index contributed by atoms with van der Waals surface area (Å²) in [6, 6.07) is 0. The summed E-state index contributed by atoms with van der Waals surface area (Å²) < 4.78 is 0. The molecule has 0 aromatic heterocycles. The molecule has 0 fully saturated rings. The van der Waals surface area contributed by atoms with Crippen LogP contribution in [0, 0.1) is 82.1 Å². The first-order valence-corrected chi connectivity index (χ1v) is 0.651. The Balaban J connectivity index is -0.0000000150. The van der Waals surface area contributed by atoms with E-state index in [9.17, 15) is 0 Å². The molecular weight excluding hydrogens is 477 g/mol. The van der Waals surface area contributed by atoms with Gasteiger partial charge in [0.15, 0.2) is 0 Å². The van der Waals surface area contributed by atoms with Crippen LogP contribution in [-0.2, 0) is 0 Å². The van der Waals surface area contributed by atoms with E-state index in [4.69, 9.17) is 15.0 Å². The average molecular weight is 480 g/mol. The van der Waals surface area contributed by atoms with Crippen molar-refractivity contribution in [2.75, 3.05) is 0 Å². The maximum absolute atomic E-state index is 8.56. The Morgan fingerprint density at radius 3 is 1.29 bits per heavy atom. The number of hydrogen-bond acceptors (Lipinski definition) is 1. The van der Waals surface area contributed by atoms with E-state index in [0.29, 0.717) is 0 Å². The fourth-order valence-electron chi connectivity index (χ4n) is 0. The molecule has 0 atom stereocenters. The van der Waals surface area contributed by atoms with Crippen LogP contribution < -0.4 is 0 Å². The first kappa shape index (κ1) is 22.6. The molecule has 0 aliphatic carbocycles. The number of carbonyl (C=O) groups is 1. The summed E-state index contributed by atoms with van der Waals surface area (Å²) in [6.45, 7) is 0. The summed E-state index contributed by atoms with van der Waals surface area (Å²) in [5, 5.41) is 13.9. The molecule has 0 radical (unpaired) electrons. The van der Waals surface area contributed by atoms with Crippen LogP contribution in [0.25, 0.3) is 0 Å². The van der Waals surface area contributed by atoms with E-state index in [2.05, 4.69) is 0 Å². The molecule has 0 rings (SSSR count). The fraction of sp³-hybridized carbons (Fsp3) is 0.